The van der Waals surface area contributed by atoms with Crippen molar-refractivity contribution in [3.63, 3.8) is 0 Å². The van der Waals surface area contributed by atoms with Crippen molar-refractivity contribution in [2.75, 3.05) is 11.4 Å². The van der Waals surface area contributed by atoms with Crippen LogP contribution in [0.4, 0.5) is 10.5 Å². The molecule has 0 saturated carbocycles. The number of urea groups is 1. The first-order chi connectivity index (χ1) is 9.75. The van der Waals surface area contributed by atoms with Crippen molar-refractivity contribution < 1.29 is 9.59 Å². The second-order valence-corrected chi connectivity index (χ2v) is 4.67. The van der Waals surface area contributed by atoms with Crippen LogP contribution in [0.3, 0.4) is 0 Å². The van der Waals surface area contributed by atoms with Gasteiger partial charge in [-0.1, -0.05) is 48.5 Å². The fourth-order valence-corrected chi connectivity index (χ4v) is 2.27. The van der Waals surface area contributed by atoms with E-state index < -0.39 is 0 Å². The van der Waals surface area contributed by atoms with E-state index in [1.807, 2.05) is 60.7 Å². The zero-order valence-electron chi connectivity index (χ0n) is 10.9. The lowest BCUT2D eigenvalue weighted by Gasteiger charge is -2.17. The van der Waals surface area contributed by atoms with Crippen LogP contribution in [0, 0.1) is 0 Å². The van der Waals surface area contributed by atoms with E-state index in [0.29, 0.717) is 6.54 Å². The highest BCUT2D eigenvalue weighted by molar-refractivity contribution is 6.12. The number of nitrogens with zero attached hydrogens (tertiary/aromatic N) is 2. The van der Waals surface area contributed by atoms with E-state index in [2.05, 4.69) is 0 Å². The van der Waals surface area contributed by atoms with E-state index in [1.165, 1.54) is 9.80 Å². The molecule has 0 spiro atoms. The molecular weight excluding hydrogens is 252 g/mol. The van der Waals surface area contributed by atoms with Crippen molar-refractivity contribution in [3.05, 3.63) is 66.2 Å². The molecule has 3 amide bonds. The number of hydrogen-bond donors (Lipinski definition) is 0. The lowest BCUT2D eigenvalue weighted by Crippen LogP contribution is -2.32. The van der Waals surface area contributed by atoms with Gasteiger partial charge in [-0.15, -0.1) is 0 Å². The topological polar surface area (TPSA) is 40.6 Å². The van der Waals surface area contributed by atoms with Crippen molar-refractivity contribution in [2.24, 2.45) is 0 Å². The van der Waals surface area contributed by atoms with Gasteiger partial charge in [-0.3, -0.25) is 14.6 Å². The maximum Gasteiger partial charge on any atom is 0.332 e. The molecule has 0 radical (unpaired) electrons. The van der Waals surface area contributed by atoms with Crippen molar-refractivity contribution >= 4 is 17.6 Å². The summed E-state index contributed by atoms with van der Waals surface area (Å²) in [7, 11) is 0. The highest BCUT2D eigenvalue weighted by Gasteiger charge is 2.36. The number of anilines is 1. The van der Waals surface area contributed by atoms with Gasteiger partial charge in [0.15, 0.2) is 0 Å². The molecule has 4 nitrogen and oxygen atoms in total. The van der Waals surface area contributed by atoms with E-state index in [-0.39, 0.29) is 18.5 Å². The summed E-state index contributed by atoms with van der Waals surface area (Å²) in [5.74, 6) is -0.164. The number of benzene rings is 2. The van der Waals surface area contributed by atoms with Crippen LogP contribution in [-0.4, -0.2) is 23.4 Å². The standard InChI is InChI=1S/C16H14N2O2/c19-15-12-17(14-9-5-2-6-10-14)16(20)18(15)11-13-7-3-1-4-8-13/h1-10H,11-12H2. The molecule has 2 aromatic carbocycles. The second kappa shape index (κ2) is 5.17. The van der Waals surface area contributed by atoms with Gasteiger partial charge in [0, 0.05) is 5.69 Å². The molecule has 3 rings (SSSR count). The lowest BCUT2D eigenvalue weighted by atomic mass is 10.2. The fraction of sp³-hybridized carbons (Fsp3) is 0.125. The zero-order chi connectivity index (χ0) is 13.9. The van der Waals surface area contributed by atoms with Crippen LogP contribution in [0.15, 0.2) is 60.7 Å². The third kappa shape index (κ3) is 2.28. The molecule has 0 N–H and O–H groups in total. The predicted octanol–water partition coefficient (Wildman–Crippen LogP) is 2.66. The quantitative estimate of drug-likeness (QED) is 0.801. The van der Waals surface area contributed by atoms with Gasteiger partial charge in [0.2, 0.25) is 0 Å². The lowest BCUT2D eigenvalue weighted by molar-refractivity contribution is -0.125. The summed E-state index contributed by atoms with van der Waals surface area (Å²) < 4.78 is 0. The summed E-state index contributed by atoms with van der Waals surface area (Å²) in [6, 6.07) is 18.5. The average molecular weight is 266 g/mol. The smallest absolute Gasteiger partial charge is 0.285 e. The Bertz CT molecular complexity index is 625. The fourth-order valence-electron chi connectivity index (χ4n) is 2.27. The van der Waals surface area contributed by atoms with Crippen molar-refractivity contribution in [2.45, 2.75) is 6.54 Å². The van der Waals surface area contributed by atoms with Crippen molar-refractivity contribution in [1.29, 1.82) is 0 Å². The molecular formula is C16H14N2O2. The average Bonchev–Trinajstić information content (AvgIpc) is 2.77. The van der Waals surface area contributed by atoms with E-state index in [4.69, 9.17) is 0 Å². The number of amides is 3. The minimum atomic E-state index is -0.259. The number of hydrogen-bond acceptors (Lipinski definition) is 2. The second-order valence-electron chi connectivity index (χ2n) is 4.67. The molecule has 100 valence electrons. The highest BCUT2D eigenvalue weighted by atomic mass is 16.2. The molecule has 2 aromatic rings. The Kier molecular flexibility index (Phi) is 3.21. The molecule has 1 fully saturated rings. The van der Waals surface area contributed by atoms with Crippen LogP contribution in [0.2, 0.25) is 0 Å². The summed E-state index contributed by atoms with van der Waals surface area (Å²) in [5.41, 5.74) is 1.70. The monoisotopic (exact) mass is 266 g/mol. The molecule has 20 heavy (non-hydrogen) atoms. The van der Waals surface area contributed by atoms with Gasteiger partial charge in [0.25, 0.3) is 5.91 Å². The molecule has 1 heterocycles. The first-order valence-corrected chi connectivity index (χ1v) is 6.46. The van der Waals surface area contributed by atoms with E-state index >= 15 is 0 Å². The highest BCUT2D eigenvalue weighted by Crippen LogP contribution is 2.21. The molecule has 1 saturated heterocycles. The van der Waals surface area contributed by atoms with Crippen LogP contribution in [0.25, 0.3) is 0 Å². The maximum absolute atomic E-state index is 12.4. The normalized spacial score (nSPS) is 15.0. The minimum absolute atomic E-state index is 0.107. The Hall–Kier alpha value is -2.62. The van der Waals surface area contributed by atoms with Crippen LogP contribution in [0.1, 0.15) is 5.56 Å². The SMILES string of the molecule is O=C1CN(c2ccccc2)C(=O)N1Cc1ccccc1. The van der Waals surface area contributed by atoms with Crippen LogP contribution >= 0.6 is 0 Å². The van der Waals surface area contributed by atoms with Gasteiger partial charge < -0.3 is 0 Å². The van der Waals surface area contributed by atoms with E-state index in [9.17, 15) is 9.59 Å². The van der Waals surface area contributed by atoms with Gasteiger partial charge >= 0.3 is 6.03 Å². The van der Waals surface area contributed by atoms with Crippen LogP contribution in [-0.2, 0) is 11.3 Å². The number of carbonyl (C=O) groups excluding carboxylic acids is 2. The zero-order valence-corrected chi connectivity index (χ0v) is 10.9. The number of para-hydroxylation sites is 1. The summed E-state index contributed by atoms with van der Waals surface area (Å²) in [5, 5.41) is 0. The molecule has 4 heteroatoms. The summed E-state index contributed by atoms with van der Waals surface area (Å²) >= 11 is 0. The van der Waals surface area contributed by atoms with Gasteiger partial charge in [-0.05, 0) is 17.7 Å². The molecule has 0 aromatic heterocycles. The Balaban J connectivity index is 1.81. The Morgan fingerprint density at radius 3 is 2.10 bits per heavy atom. The van der Waals surface area contributed by atoms with Crippen LogP contribution < -0.4 is 4.90 Å². The molecule has 0 aliphatic carbocycles. The van der Waals surface area contributed by atoms with Gasteiger partial charge in [0.1, 0.15) is 6.54 Å². The van der Waals surface area contributed by atoms with E-state index in [1.54, 1.807) is 0 Å². The third-order valence-electron chi connectivity index (χ3n) is 3.31. The Morgan fingerprint density at radius 2 is 1.45 bits per heavy atom. The van der Waals surface area contributed by atoms with Gasteiger partial charge in [0.05, 0.1) is 6.54 Å². The number of carbonyl (C=O) groups is 2. The van der Waals surface area contributed by atoms with Crippen molar-refractivity contribution in [1.82, 2.24) is 4.90 Å². The summed E-state index contributed by atoms with van der Waals surface area (Å²) in [6.45, 7) is 0.428. The summed E-state index contributed by atoms with van der Waals surface area (Å²) in [4.78, 5) is 27.2. The predicted molar refractivity (Wildman–Crippen MR) is 76.2 cm³/mol. The van der Waals surface area contributed by atoms with Gasteiger partial charge in [-0.25, -0.2) is 4.79 Å². The minimum Gasteiger partial charge on any atom is -0.285 e. The first kappa shape index (κ1) is 12.4. The number of rotatable bonds is 3. The number of imide groups is 1. The third-order valence-corrected chi connectivity index (χ3v) is 3.31. The molecule has 0 bridgehead atoms. The van der Waals surface area contributed by atoms with Crippen molar-refractivity contribution in [3.8, 4) is 0 Å². The van der Waals surface area contributed by atoms with Gasteiger partial charge in [-0.2, -0.15) is 0 Å². The van der Waals surface area contributed by atoms with E-state index in [0.717, 1.165) is 11.3 Å². The Morgan fingerprint density at radius 1 is 0.850 bits per heavy atom. The molecule has 0 atom stereocenters. The maximum atomic E-state index is 12.4. The summed E-state index contributed by atoms with van der Waals surface area (Å²) in [6.07, 6.45) is 0. The molecule has 0 unspecified atom stereocenters. The molecule has 1 aliphatic heterocycles. The van der Waals surface area contributed by atoms with Crippen LogP contribution in [0.5, 0.6) is 0 Å². The molecule has 1 aliphatic rings. The Labute approximate surface area is 117 Å². The largest absolute Gasteiger partial charge is 0.332 e. The first-order valence-electron chi connectivity index (χ1n) is 6.46.